The Hall–Kier alpha value is -4.27. The minimum absolute atomic E-state index is 0.182. The van der Waals surface area contributed by atoms with Crippen molar-refractivity contribution in [3.05, 3.63) is 66.1 Å². The molecule has 1 aromatic carbocycles. The van der Waals surface area contributed by atoms with Crippen LogP contribution in [-0.2, 0) is 23.2 Å². The predicted molar refractivity (Wildman–Crippen MR) is 119 cm³/mol. The largest absolute Gasteiger partial charge is 0.332 e. The third kappa shape index (κ3) is 3.04. The maximum Gasteiger partial charge on any atom is 0.255 e. The van der Waals surface area contributed by atoms with E-state index in [9.17, 15) is 14.4 Å². The summed E-state index contributed by atoms with van der Waals surface area (Å²) in [5, 5.41) is 2.33. The number of carbonyl (C=O) groups excluding carboxylic acids is 3. The molecule has 3 amide bonds. The smallest absolute Gasteiger partial charge is 0.255 e. The van der Waals surface area contributed by atoms with E-state index in [2.05, 4.69) is 10.3 Å². The lowest BCUT2D eigenvalue weighted by molar-refractivity contribution is -0.136. The SMILES string of the molecule is Cn1cc(-c2ccc3c(c2)CN(C2CCC(=O)NC2=O)C3=O)nc1-c1cnc2ccccn12. The van der Waals surface area contributed by atoms with Gasteiger partial charge in [0.2, 0.25) is 11.8 Å². The van der Waals surface area contributed by atoms with E-state index < -0.39 is 11.9 Å². The predicted octanol–water partition coefficient (Wildman–Crippen LogP) is 2.16. The van der Waals surface area contributed by atoms with E-state index in [1.807, 2.05) is 58.7 Å². The number of amides is 3. The summed E-state index contributed by atoms with van der Waals surface area (Å²) >= 11 is 0. The molecule has 9 heteroatoms. The number of fused-ring (bicyclic) bond motifs is 2. The van der Waals surface area contributed by atoms with Crippen molar-refractivity contribution in [1.82, 2.24) is 29.2 Å². The van der Waals surface area contributed by atoms with E-state index in [1.165, 1.54) is 0 Å². The number of imidazole rings is 2. The summed E-state index contributed by atoms with van der Waals surface area (Å²) in [6.45, 7) is 0.335. The molecule has 33 heavy (non-hydrogen) atoms. The maximum absolute atomic E-state index is 12.9. The number of carbonyl (C=O) groups is 3. The Morgan fingerprint density at radius 3 is 2.85 bits per heavy atom. The lowest BCUT2D eigenvalue weighted by Crippen LogP contribution is -2.52. The number of pyridine rings is 1. The zero-order valence-corrected chi connectivity index (χ0v) is 17.9. The molecule has 1 saturated heterocycles. The number of rotatable bonds is 3. The van der Waals surface area contributed by atoms with Gasteiger partial charge in [0.1, 0.15) is 17.4 Å². The zero-order chi connectivity index (χ0) is 22.7. The molecule has 2 aliphatic heterocycles. The lowest BCUT2D eigenvalue weighted by Gasteiger charge is -2.29. The Bertz CT molecular complexity index is 1470. The Morgan fingerprint density at radius 2 is 2.00 bits per heavy atom. The second-order valence-corrected chi connectivity index (χ2v) is 8.40. The standard InChI is InChI=1S/C24H20N6O3/c1-28-13-17(26-22(28)19-11-25-20-4-2-3-9-29(19)20)14-5-6-16-15(10-14)12-30(24(16)33)18-7-8-21(31)27-23(18)32/h2-6,9-11,13,18H,7-8,12H2,1H3,(H,27,31,32). The van der Waals surface area contributed by atoms with Crippen LogP contribution in [0.2, 0.25) is 0 Å². The molecule has 6 rings (SSSR count). The van der Waals surface area contributed by atoms with E-state index in [1.54, 1.807) is 17.2 Å². The highest BCUT2D eigenvalue weighted by Gasteiger charge is 2.39. The summed E-state index contributed by atoms with van der Waals surface area (Å²) in [6, 6.07) is 10.8. The molecule has 3 aromatic heterocycles. The van der Waals surface area contributed by atoms with Crippen LogP contribution in [0, 0.1) is 0 Å². The first-order valence-electron chi connectivity index (χ1n) is 10.7. The van der Waals surface area contributed by atoms with Crippen molar-refractivity contribution < 1.29 is 14.4 Å². The van der Waals surface area contributed by atoms with Gasteiger partial charge in [-0.2, -0.15) is 0 Å². The van der Waals surface area contributed by atoms with Gasteiger partial charge < -0.3 is 9.47 Å². The third-order valence-corrected chi connectivity index (χ3v) is 6.34. The van der Waals surface area contributed by atoms with Crippen molar-refractivity contribution in [2.45, 2.75) is 25.4 Å². The second-order valence-electron chi connectivity index (χ2n) is 8.40. The summed E-state index contributed by atoms with van der Waals surface area (Å²) in [5.41, 5.74) is 4.85. The monoisotopic (exact) mass is 440 g/mol. The van der Waals surface area contributed by atoms with Gasteiger partial charge in [-0.1, -0.05) is 12.1 Å². The van der Waals surface area contributed by atoms with Crippen LogP contribution < -0.4 is 5.32 Å². The summed E-state index contributed by atoms with van der Waals surface area (Å²) in [6.07, 6.45) is 6.30. The molecule has 9 nitrogen and oxygen atoms in total. The van der Waals surface area contributed by atoms with Crippen molar-refractivity contribution in [2.24, 2.45) is 7.05 Å². The molecule has 5 heterocycles. The van der Waals surface area contributed by atoms with Gasteiger partial charge >= 0.3 is 0 Å². The minimum atomic E-state index is -0.623. The fourth-order valence-corrected chi connectivity index (χ4v) is 4.68. The van der Waals surface area contributed by atoms with Crippen molar-refractivity contribution in [2.75, 3.05) is 0 Å². The summed E-state index contributed by atoms with van der Waals surface area (Å²) in [5.74, 6) is -0.0985. The first-order chi connectivity index (χ1) is 16.0. The zero-order valence-electron chi connectivity index (χ0n) is 17.9. The normalized spacial score (nSPS) is 18.2. The van der Waals surface area contributed by atoms with E-state index >= 15 is 0 Å². The van der Waals surface area contributed by atoms with Crippen LogP contribution in [-0.4, -0.2) is 47.6 Å². The van der Waals surface area contributed by atoms with Crippen molar-refractivity contribution >= 4 is 23.4 Å². The van der Waals surface area contributed by atoms with Crippen molar-refractivity contribution in [1.29, 1.82) is 0 Å². The van der Waals surface area contributed by atoms with Crippen molar-refractivity contribution in [3.8, 4) is 22.8 Å². The molecule has 1 fully saturated rings. The molecule has 1 unspecified atom stereocenters. The number of nitrogens with zero attached hydrogens (tertiary/aromatic N) is 5. The van der Waals surface area contributed by atoms with Gasteiger partial charge in [0.25, 0.3) is 5.91 Å². The van der Waals surface area contributed by atoms with Crippen LogP contribution in [0.15, 0.2) is 55.0 Å². The molecular formula is C24H20N6O3. The molecule has 1 atom stereocenters. The van der Waals surface area contributed by atoms with Gasteiger partial charge in [0.05, 0.1) is 11.9 Å². The second kappa shape index (κ2) is 7.13. The van der Waals surface area contributed by atoms with Crippen molar-refractivity contribution in [3.63, 3.8) is 0 Å². The van der Waals surface area contributed by atoms with Crippen LogP contribution >= 0.6 is 0 Å². The van der Waals surface area contributed by atoms with Gasteiger partial charge in [-0.05, 0) is 36.2 Å². The quantitative estimate of drug-likeness (QED) is 0.492. The average molecular weight is 440 g/mol. The minimum Gasteiger partial charge on any atom is -0.332 e. The number of benzene rings is 1. The van der Waals surface area contributed by atoms with Gasteiger partial charge in [-0.15, -0.1) is 0 Å². The molecule has 2 aliphatic rings. The first kappa shape index (κ1) is 19.4. The first-order valence-corrected chi connectivity index (χ1v) is 10.7. The molecule has 0 radical (unpaired) electrons. The highest BCUT2D eigenvalue weighted by atomic mass is 16.2. The highest BCUT2D eigenvalue weighted by Crippen LogP contribution is 2.32. The summed E-state index contributed by atoms with van der Waals surface area (Å²) < 4.78 is 3.95. The van der Waals surface area contributed by atoms with E-state index in [0.29, 0.717) is 18.5 Å². The van der Waals surface area contributed by atoms with Gasteiger partial charge in [-0.25, -0.2) is 9.97 Å². The Kier molecular flexibility index (Phi) is 4.19. The highest BCUT2D eigenvalue weighted by molar-refractivity contribution is 6.05. The van der Waals surface area contributed by atoms with E-state index in [0.717, 1.165) is 34.0 Å². The summed E-state index contributed by atoms with van der Waals surface area (Å²) in [7, 11) is 1.94. The molecular weight excluding hydrogens is 420 g/mol. The van der Waals surface area contributed by atoms with E-state index in [-0.39, 0.29) is 18.2 Å². The third-order valence-electron chi connectivity index (χ3n) is 6.34. The van der Waals surface area contributed by atoms with E-state index in [4.69, 9.17) is 4.98 Å². The maximum atomic E-state index is 12.9. The average Bonchev–Trinajstić information content (AvgIpc) is 3.49. The Morgan fingerprint density at radius 1 is 1.12 bits per heavy atom. The Labute approximate surface area is 188 Å². The van der Waals surface area contributed by atoms with Crippen LogP contribution in [0.1, 0.15) is 28.8 Å². The number of hydrogen-bond donors (Lipinski definition) is 1. The molecule has 0 bridgehead atoms. The fraction of sp³-hybridized carbons (Fsp3) is 0.208. The van der Waals surface area contributed by atoms with Crippen LogP contribution in [0.4, 0.5) is 0 Å². The number of aromatic nitrogens is 4. The molecule has 0 spiro atoms. The molecule has 0 saturated carbocycles. The number of piperidine rings is 1. The molecule has 1 N–H and O–H groups in total. The number of aryl methyl sites for hydroxylation is 1. The number of hydrogen-bond acceptors (Lipinski definition) is 5. The van der Waals surface area contributed by atoms with Crippen LogP contribution in [0.25, 0.3) is 28.4 Å². The molecule has 4 aromatic rings. The van der Waals surface area contributed by atoms with Crippen LogP contribution in [0.3, 0.4) is 0 Å². The summed E-state index contributed by atoms with van der Waals surface area (Å²) in [4.78, 5) is 47.5. The van der Waals surface area contributed by atoms with Gasteiger partial charge in [-0.3, -0.25) is 24.1 Å². The fourth-order valence-electron chi connectivity index (χ4n) is 4.68. The van der Waals surface area contributed by atoms with Gasteiger partial charge in [0, 0.05) is 43.5 Å². The lowest BCUT2D eigenvalue weighted by atomic mass is 10.0. The van der Waals surface area contributed by atoms with Crippen LogP contribution in [0.5, 0.6) is 0 Å². The van der Waals surface area contributed by atoms with Gasteiger partial charge in [0.15, 0.2) is 5.82 Å². The number of nitrogens with one attached hydrogen (secondary N) is 1. The molecule has 0 aliphatic carbocycles. The molecule has 164 valence electrons. The number of imide groups is 1. The Balaban J connectivity index is 1.32. The topological polar surface area (TPSA) is 102 Å².